The lowest BCUT2D eigenvalue weighted by Gasteiger charge is -2.38. The molecular formula is C14H22N6. The lowest BCUT2D eigenvalue weighted by molar-refractivity contribution is 0.122. The van der Waals surface area contributed by atoms with Gasteiger partial charge in [0, 0.05) is 37.6 Å². The maximum absolute atomic E-state index is 6.10. The van der Waals surface area contributed by atoms with Crippen molar-refractivity contribution in [1.29, 1.82) is 0 Å². The van der Waals surface area contributed by atoms with E-state index >= 15 is 0 Å². The van der Waals surface area contributed by atoms with Crippen LogP contribution in [0.1, 0.15) is 0 Å². The van der Waals surface area contributed by atoms with Crippen molar-refractivity contribution in [3.05, 3.63) is 18.3 Å². The fourth-order valence-corrected chi connectivity index (χ4v) is 2.71. The molecule has 1 saturated heterocycles. The van der Waals surface area contributed by atoms with Crippen LogP contribution in [0.25, 0.3) is 10.9 Å². The highest BCUT2D eigenvalue weighted by molar-refractivity contribution is 5.88. The molecule has 4 N–H and O–H groups in total. The number of hydrogen-bond donors (Lipinski definition) is 3. The van der Waals surface area contributed by atoms with Crippen molar-refractivity contribution in [1.82, 2.24) is 20.0 Å². The average molecular weight is 274 g/mol. The van der Waals surface area contributed by atoms with E-state index in [1.807, 2.05) is 12.1 Å². The topological polar surface area (TPSA) is 73.2 Å². The Labute approximate surface area is 118 Å². The van der Waals surface area contributed by atoms with Gasteiger partial charge >= 0.3 is 0 Å². The number of aromatic amines is 1. The molecule has 0 bridgehead atoms. The van der Waals surface area contributed by atoms with Crippen LogP contribution in [-0.4, -0.2) is 66.3 Å². The third-order valence-corrected chi connectivity index (χ3v) is 4.12. The van der Waals surface area contributed by atoms with Gasteiger partial charge in [-0.3, -0.25) is 10.00 Å². The Morgan fingerprint density at radius 3 is 3.10 bits per heavy atom. The number of piperazine rings is 1. The number of nitrogens with zero attached hydrogens (tertiary/aromatic N) is 3. The minimum atomic E-state index is 0.505. The number of nitrogens with two attached hydrogens (primary N) is 1. The van der Waals surface area contributed by atoms with Crippen LogP contribution in [0.4, 0.5) is 11.4 Å². The van der Waals surface area contributed by atoms with E-state index in [0.717, 1.165) is 48.5 Å². The molecule has 2 heterocycles. The quantitative estimate of drug-likeness (QED) is 0.722. The zero-order valence-corrected chi connectivity index (χ0v) is 12.1. The normalized spacial score (nSPS) is 21.4. The van der Waals surface area contributed by atoms with Gasteiger partial charge in [-0.15, -0.1) is 0 Å². The fraction of sp³-hybridized carbons (Fsp3) is 0.500. The number of benzene rings is 1. The number of rotatable bonds is 3. The van der Waals surface area contributed by atoms with Crippen molar-refractivity contribution in [3.63, 3.8) is 0 Å². The second kappa shape index (κ2) is 5.30. The van der Waals surface area contributed by atoms with E-state index in [1.54, 1.807) is 6.20 Å². The molecule has 1 aromatic carbocycles. The standard InChI is InChI=1S/C14H22N6/c1-19-3-4-20(2)11(9-19)8-16-14-6-13-10(5-12(14)15)7-17-18-13/h5-7,11,16H,3-4,8-9,15H2,1-2H3,(H,17,18). The number of aromatic nitrogens is 2. The van der Waals surface area contributed by atoms with Crippen molar-refractivity contribution >= 4 is 22.3 Å². The zero-order chi connectivity index (χ0) is 14.1. The van der Waals surface area contributed by atoms with Crippen molar-refractivity contribution in [2.75, 3.05) is 51.3 Å². The number of nitrogen functional groups attached to an aromatic ring is 1. The molecule has 0 radical (unpaired) electrons. The second-order valence-corrected chi connectivity index (χ2v) is 5.67. The van der Waals surface area contributed by atoms with Crippen LogP contribution >= 0.6 is 0 Å². The predicted octanol–water partition coefficient (Wildman–Crippen LogP) is 0.803. The van der Waals surface area contributed by atoms with E-state index in [1.165, 1.54) is 0 Å². The Bertz CT molecular complexity index is 592. The molecule has 0 saturated carbocycles. The third kappa shape index (κ3) is 2.57. The lowest BCUT2D eigenvalue weighted by Crippen LogP contribution is -2.52. The average Bonchev–Trinajstić information content (AvgIpc) is 2.86. The fourth-order valence-electron chi connectivity index (χ4n) is 2.71. The van der Waals surface area contributed by atoms with Crippen molar-refractivity contribution in [2.24, 2.45) is 0 Å². The summed E-state index contributed by atoms with van der Waals surface area (Å²) < 4.78 is 0. The molecule has 2 aromatic rings. The van der Waals surface area contributed by atoms with Crippen LogP contribution in [-0.2, 0) is 0 Å². The summed E-state index contributed by atoms with van der Waals surface area (Å²) in [6.45, 7) is 4.22. The lowest BCUT2D eigenvalue weighted by atomic mass is 10.1. The first kappa shape index (κ1) is 13.2. The summed E-state index contributed by atoms with van der Waals surface area (Å²) in [5.74, 6) is 0. The van der Waals surface area contributed by atoms with Gasteiger partial charge in [0.05, 0.1) is 23.1 Å². The van der Waals surface area contributed by atoms with Crippen LogP contribution in [0.2, 0.25) is 0 Å². The molecule has 1 atom stereocenters. The maximum Gasteiger partial charge on any atom is 0.0672 e. The second-order valence-electron chi connectivity index (χ2n) is 5.67. The summed E-state index contributed by atoms with van der Waals surface area (Å²) in [7, 11) is 4.35. The van der Waals surface area contributed by atoms with E-state index in [2.05, 4.69) is 39.4 Å². The van der Waals surface area contributed by atoms with Crippen LogP contribution in [0, 0.1) is 0 Å². The molecule has 0 spiro atoms. The smallest absolute Gasteiger partial charge is 0.0672 e. The highest BCUT2D eigenvalue weighted by Gasteiger charge is 2.21. The van der Waals surface area contributed by atoms with Crippen LogP contribution < -0.4 is 11.1 Å². The minimum absolute atomic E-state index is 0.505. The molecule has 0 amide bonds. The summed E-state index contributed by atoms with van der Waals surface area (Å²) in [6, 6.07) is 4.49. The van der Waals surface area contributed by atoms with E-state index < -0.39 is 0 Å². The number of fused-ring (bicyclic) bond motifs is 1. The molecule has 1 aliphatic heterocycles. The van der Waals surface area contributed by atoms with Gasteiger partial charge in [0.1, 0.15) is 0 Å². The number of likely N-dealkylation sites (N-methyl/N-ethyl adjacent to an activating group) is 2. The van der Waals surface area contributed by atoms with Gasteiger partial charge < -0.3 is 16.0 Å². The van der Waals surface area contributed by atoms with Crippen molar-refractivity contribution in [3.8, 4) is 0 Å². The molecule has 1 aliphatic rings. The summed E-state index contributed by atoms with van der Waals surface area (Å²) in [5, 5.41) is 11.5. The number of H-pyrrole nitrogens is 1. The third-order valence-electron chi connectivity index (χ3n) is 4.12. The summed E-state index contributed by atoms with van der Waals surface area (Å²) >= 11 is 0. The van der Waals surface area contributed by atoms with Gasteiger partial charge in [-0.25, -0.2) is 0 Å². The molecule has 108 valence electrons. The number of hydrogen-bond acceptors (Lipinski definition) is 5. The molecule has 3 rings (SSSR count). The maximum atomic E-state index is 6.10. The van der Waals surface area contributed by atoms with Gasteiger partial charge in [-0.05, 0) is 26.2 Å². The SMILES string of the molecule is CN1CCN(C)C(CNc2cc3[nH]ncc3cc2N)C1. The van der Waals surface area contributed by atoms with E-state index in [9.17, 15) is 0 Å². The first-order valence-corrected chi connectivity index (χ1v) is 6.99. The molecule has 6 heteroatoms. The Morgan fingerprint density at radius 2 is 2.25 bits per heavy atom. The van der Waals surface area contributed by atoms with Crippen molar-refractivity contribution < 1.29 is 0 Å². The van der Waals surface area contributed by atoms with Gasteiger partial charge in [0.25, 0.3) is 0 Å². The predicted molar refractivity (Wildman–Crippen MR) is 82.9 cm³/mol. The van der Waals surface area contributed by atoms with Gasteiger partial charge in [-0.1, -0.05) is 0 Å². The van der Waals surface area contributed by atoms with Gasteiger partial charge in [0.15, 0.2) is 0 Å². The minimum Gasteiger partial charge on any atom is -0.397 e. The largest absolute Gasteiger partial charge is 0.397 e. The monoisotopic (exact) mass is 274 g/mol. The Kier molecular flexibility index (Phi) is 3.50. The summed E-state index contributed by atoms with van der Waals surface area (Å²) in [4.78, 5) is 4.77. The van der Waals surface area contributed by atoms with Crippen molar-refractivity contribution in [2.45, 2.75) is 6.04 Å². The molecule has 1 aromatic heterocycles. The van der Waals surface area contributed by atoms with Gasteiger partial charge in [0.2, 0.25) is 0 Å². The van der Waals surface area contributed by atoms with E-state index in [-0.39, 0.29) is 0 Å². The molecule has 1 unspecified atom stereocenters. The molecule has 0 aliphatic carbocycles. The summed E-state index contributed by atoms with van der Waals surface area (Å²) in [6.07, 6.45) is 1.79. The first-order valence-electron chi connectivity index (χ1n) is 6.99. The molecule has 1 fully saturated rings. The molecule has 20 heavy (non-hydrogen) atoms. The Hall–Kier alpha value is -1.79. The number of anilines is 2. The van der Waals surface area contributed by atoms with E-state index in [0.29, 0.717) is 6.04 Å². The van der Waals surface area contributed by atoms with Crippen LogP contribution in [0.3, 0.4) is 0 Å². The highest BCUT2D eigenvalue weighted by Crippen LogP contribution is 2.24. The Balaban J connectivity index is 1.71. The van der Waals surface area contributed by atoms with Crippen LogP contribution in [0.5, 0.6) is 0 Å². The zero-order valence-electron chi connectivity index (χ0n) is 12.1. The van der Waals surface area contributed by atoms with Gasteiger partial charge in [-0.2, -0.15) is 5.10 Å². The molecular weight excluding hydrogens is 252 g/mol. The van der Waals surface area contributed by atoms with E-state index in [4.69, 9.17) is 5.73 Å². The highest BCUT2D eigenvalue weighted by atomic mass is 15.3. The molecule has 6 nitrogen and oxygen atoms in total. The Morgan fingerprint density at radius 1 is 1.40 bits per heavy atom. The van der Waals surface area contributed by atoms with Crippen LogP contribution in [0.15, 0.2) is 18.3 Å². The first-order chi connectivity index (χ1) is 9.63. The number of nitrogens with one attached hydrogen (secondary N) is 2. The summed E-state index contributed by atoms with van der Waals surface area (Å²) in [5.41, 5.74) is 8.85.